The summed E-state index contributed by atoms with van der Waals surface area (Å²) >= 11 is 5.80. The third-order valence-corrected chi connectivity index (χ3v) is 5.82. The zero-order valence-electron chi connectivity index (χ0n) is 14.8. The summed E-state index contributed by atoms with van der Waals surface area (Å²) in [7, 11) is 0. The third-order valence-electron chi connectivity index (χ3n) is 5.53. The molecule has 2 fully saturated rings. The summed E-state index contributed by atoms with van der Waals surface area (Å²) < 4.78 is 15.1. The summed E-state index contributed by atoms with van der Waals surface area (Å²) in [5.41, 5.74) is -0.400. The van der Waals surface area contributed by atoms with Crippen LogP contribution in [-0.4, -0.2) is 57.6 Å². The Morgan fingerprint density at radius 3 is 2.41 bits per heavy atom. The van der Waals surface area contributed by atoms with E-state index in [1.54, 1.807) is 15.8 Å². The minimum absolute atomic E-state index is 0.0725. The van der Waals surface area contributed by atoms with Crippen LogP contribution in [0.2, 0.25) is 5.02 Å². The summed E-state index contributed by atoms with van der Waals surface area (Å²) in [6, 6.07) is 5.79. The van der Waals surface area contributed by atoms with E-state index in [0.717, 1.165) is 19.5 Å². The molecule has 142 valence electrons. The number of likely N-dealkylation sites (tertiary alicyclic amines) is 2. The van der Waals surface area contributed by atoms with Crippen LogP contribution >= 0.6 is 11.6 Å². The van der Waals surface area contributed by atoms with E-state index in [-0.39, 0.29) is 16.8 Å². The second kappa shape index (κ2) is 6.96. The molecule has 0 N–H and O–H groups in total. The van der Waals surface area contributed by atoms with Gasteiger partial charge >= 0.3 is 0 Å². The lowest BCUT2D eigenvalue weighted by atomic mass is 9.85. The molecular formula is C19H20ClFN4O2. The Kier molecular flexibility index (Phi) is 4.63. The van der Waals surface area contributed by atoms with Gasteiger partial charge in [0.25, 0.3) is 11.8 Å². The molecule has 6 nitrogen and oxygen atoms in total. The largest absolute Gasteiger partial charge is 0.340 e. The lowest BCUT2D eigenvalue weighted by Gasteiger charge is -2.45. The summed E-state index contributed by atoms with van der Waals surface area (Å²) in [6.45, 7) is 2.40. The van der Waals surface area contributed by atoms with Gasteiger partial charge in [0.15, 0.2) is 0 Å². The molecule has 0 aliphatic carbocycles. The predicted octanol–water partition coefficient (Wildman–Crippen LogP) is 2.54. The standard InChI is InChI=1S/C19H20ClFN4O2/c20-15-13-14(3-4-16(15)21)17(26)23-11-5-19(6-12-23,25-10-1-7-22-25)18(27)24-8-2-9-24/h1,3-4,7,10,13H,2,5-6,8-9,11-12H2. The second-order valence-corrected chi connectivity index (χ2v) is 7.46. The monoisotopic (exact) mass is 390 g/mol. The molecule has 2 saturated heterocycles. The van der Waals surface area contributed by atoms with Gasteiger partial charge < -0.3 is 9.80 Å². The lowest BCUT2D eigenvalue weighted by molar-refractivity contribution is -0.147. The van der Waals surface area contributed by atoms with Crippen molar-refractivity contribution in [2.45, 2.75) is 24.8 Å². The topological polar surface area (TPSA) is 58.4 Å². The van der Waals surface area contributed by atoms with E-state index in [1.807, 2.05) is 17.2 Å². The Hall–Kier alpha value is -2.41. The molecule has 0 spiro atoms. The van der Waals surface area contributed by atoms with E-state index in [4.69, 9.17) is 11.6 Å². The van der Waals surface area contributed by atoms with Crippen molar-refractivity contribution in [2.75, 3.05) is 26.2 Å². The number of aromatic nitrogens is 2. The molecule has 2 aliphatic heterocycles. The van der Waals surface area contributed by atoms with Crippen molar-refractivity contribution in [1.82, 2.24) is 19.6 Å². The van der Waals surface area contributed by atoms with Gasteiger partial charge in [0, 0.05) is 44.1 Å². The normalized spacial score (nSPS) is 18.9. The number of carbonyl (C=O) groups is 2. The first kappa shape index (κ1) is 18.0. The lowest BCUT2D eigenvalue weighted by Crippen LogP contribution is -2.59. The van der Waals surface area contributed by atoms with Crippen LogP contribution in [0, 0.1) is 5.82 Å². The molecule has 0 bridgehead atoms. The third kappa shape index (κ3) is 3.10. The highest BCUT2D eigenvalue weighted by atomic mass is 35.5. The molecule has 3 heterocycles. The van der Waals surface area contributed by atoms with Crippen LogP contribution in [0.4, 0.5) is 4.39 Å². The van der Waals surface area contributed by atoms with Gasteiger partial charge in [0.05, 0.1) is 5.02 Å². The van der Waals surface area contributed by atoms with Gasteiger partial charge in [0.2, 0.25) is 0 Å². The van der Waals surface area contributed by atoms with Crippen molar-refractivity contribution in [3.63, 3.8) is 0 Å². The van der Waals surface area contributed by atoms with Gasteiger partial charge in [-0.3, -0.25) is 14.3 Å². The van der Waals surface area contributed by atoms with Gasteiger partial charge in [-0.25, -0.2) is 4.39 Å². The van der Waals surface area contributed by atoms with Crippen molar-refractivity contribution in [3.8, 4) is 0 Å². The first-order chi connectivity index (χ1) is 13.0. The van der Waals surface area contributed by atoms with Crippen LogP contribution in [0.5, 0.6) is 0 Å². The Labute approximate surface area is 161 Å². The summed E-state index contributed by atoms with van der Waals surface area (Å²) in [5, 5.41) is 4.26. The molecule has 4 rings (SSSR count). The SMILES string of the molecule is O=C(c1ccc(F)c(Cl)c1)N1CCC(C(=O)N2CCC2)(n2cccn2)CC1. The highest BCUT2D eigenvalue weighted by molar-refractivity contribution is 6.31. The quantitative estimate of drug-likeness (QED) is 0.809. The van der Waals surface area contributed by atoms with Crippen molar-refractivity contribution in [2.24, 2.45) is 0 Å². The number of amides is 2. The molecular weight excluding hydrogens is 371 g/mol. The summed E-state index contributed by atoms with van der Waals surface area (Å²) in [5.74, 6) is -0.679. The molecule has 27 heavy (non-hydrogen) atoms. The minimum Gasteiger partial charge on any atom is -0.340 e. The van der Waals surface area contributed by atoms with Crippen LogP contribution in [0.1, 0.15) is 29.6 Å². The molecule has 0 atom stereocenters. The number of rotatable bonds is 3. The van der Waals surface area contributed by atoms with Crippen LogP contribution in [0.15, 0.2) is 36.7 Å². The predicted molar refractivity (Wildman–Crippen MR) is 97.9 cm³/mol. The molecule has 2 aliphatic rings. The van der Waals surface area contributed by atoms with E-state index in [2.05, 4.69) is 5.10 Å². The van der Waals surface area contributed by atoms with Crippen LogP contribution in [0.3, 0.4) is 0 Å². The van der Waals surface area contributed by atoms with E-state index in [9.17, 15) is 14.0 Å². The minimum atomic E-state index is -0.749. The van der Waals surface area contributed by atoms with Crippen molar-refractivity contribution < 1.29 is 14.0 Å². The molecule has 8 heteroatoms. The van der Waals surface area contributed by atoms with E-state index >= 15 is 0 Å². The van der Waals surface area contributed by atoms with Crippen LogP contribution < -0.4 is 0 Å². The first-order valence-electron chi connectivity index (χ1n) is 9.05. The van der Waals surface area contributed by atoms with Crippen molar-refractivity contribution >= 4 is 23.4 Å². The number of halogens is 2. The molecule has 1 aromatic carbocycles. The average Bonchev–Trinajstić information content (AvgIpc) is 3.17. The molecule has 0 radical (unpaired) electrons. The van der Waals surface area contributed by atoms with Crippen LogP contribution in [-0.2, 0) is 10.3 Å². The fourth-order valence-corrected chi connectivity index (χ4v) is 3.95. The van der Waals surface area contributed by atoms with Gasteiger partial charge in [-0.2, -0.15) is 5.10 Å². The fourth-order valence-electron chi connectivity index (χ4n) is 3.77. The van der Waals surface area contributed by atoms with Crippen molar-refractivity contribution in [3.05, 3.63) is 53.1 Å². The zero-order valence-corrected chi connectivity index (χ0v) is 15.5. The number of nitrogens with zero attached hydrogens (tertiary/aromatic N) is 4. The highest BCUT2D eigenvalue weighted by Gasteiger charge is 2.47. The number of benzene rings is 1. The molecule has 0 saturated carbocycles. The highest BCUT2D eigenvalue weighted by Crippen LogP contribution is 2.34. The molecule has 0 unspecified atom stereocenters. The number of hydrogen-bond acceptors (Lipinski definition) is 3. The number of carbonyl (C=O) groups excluding carboxylic acids is 2. The smallest absolute Gasteiger partial charge is 0.253 e. The number of hydrogen-bond donors (Lipinski definition) is 0. The Morgan fingerprint density at radius 2 is 1.85 bits per heavy atom. The van der Waals surface area contributed by atoms with Crippen LogP contribution in [0.25, 0.3) is 0 Å². The average molecular weight is 391 g/mol. The zero-order chi connectivity index (χ0) is 19.0. The van der Waals surface area contributed by atoms with Crippen molar-refractivity contribution in [1.29, 1.82) is 0 Å². The Morgan fingerprint density at radius 1 is 1.11 bits per heavy atom. The van der Waals surface area contributed by atoms with Gasteiger partial charge in [-0.15, -0.1) is 0 Å². The summed E-state index contributed by atoms with van der Waals surface area (Å²) in [4.78, 5) is 29.4. The fraction of sp³-hybridized carbons (Fsp3) is 0.421. The molecule has 1 aromatic heterocycles. The number of piperidine rings is 1. The first-order valence-corrected chi connectivity index (χ1v) is 9.43. The van der Waals surface area contributed by atoms with E-state index in [1.165, 1.54) is 18.2 Å². The van der Waals surface area contributed by atoms with E-state index < -0.39 is 11.4 Å². The molecule has 2 amide bonds. The van der Waals surface area contributed by atoms with Gasteiger partial charge in [-0.1, -0.05) is 11.6 Å². The Balaban J connectivity index is 1.53. The van der Waals surface area contributed by atoms with Gasteiger partial charge in [0.1, 0.15) is 11.4 Å². The maximum absolute atomic E-state index is 13.4. The van der Waals surface area contributed by atoms with Gasteiger partial charge in [-0.05, 0) is 43.5 Å². The maximum Gasteiger partial charge on any atom is 0.253 e. The van der Waals surface area contributed by atoms with E-state index in [0.29, 0.717) is 31.5 Å². The molecule has 2 aromatic rings. The maximum atomic E-state index is 13.4. The second-order valence-electron chi connectivity index (χ2n) is 7.05. The Bertz CT molecular complexity index is 859. The summed E-state index contributed by atoms with van der Waals surface area (Å²) in [6.07, 6.45) is 5.49.